The molecule has 0 atom stereocenters. The molecule has 4 aromatic rings. The number of para-hydroxylation sites is 1. The predicted molar refractivity (Wildman–Crippen MR) is 133 cm³/mol. The van der Waals surface area contributed by atoms with Gasteiger partial charge in [-0.25, -0.2) is 9.36 Å². The highest BCUT2D eigenvalue weighted by Gasteiger charge is 2.62. The monoisotopic (exact) mass is 593 g/mol. The Labute approximate surface area is 232 Å². The van der Waals surface area contributed by atoms with Gasteiger partial charge in [-0.2, -0.15) is 32.3 Å². The van der Waals surface area contributed by atoms with Crippen molar-refractivity contribution in [3.63, 3.8) is 0 Å². The van der Waals surface area contributed by atoms with E-state index in [0.717, 1.165) is 10.7 Å². The second-order valence-corrected chi connectivity index (χ2v) is 8.88. The Balaban J connectivity index is 1.80. The van der Waals surface area contributed by atoms with E-state index in [0.29, 0.717) is 5.56 Å². The van der Waals surface area contributed by atoms with Crippen LogP contribution in [0, 0.1) is 18.3 Å². The van der Waals surface area contributed by atoms with Crippen molar-refractivity contribution in [2.75, 3.05) is 12.4 Å². The van der Waals surface area contributed by atoms with Crippen LogP contribution in [0.4, 0.5) is 27.6 Å². The van der Waals surface area contributed by atoms with Gasteiger partial charge in [0.15, 0.2) is 0 Å². The highest BCUT2D eigenvalue weighted by atomic mass is 35.5. The first-order valence-corrected chi connectivity index (χ1v) is 11.8. The molecule has 0 saturated carbocycles. The Kier molecular flexibility index (Phi) is 7.75. The van der Waals surface area contributed by atoms with Gasteiger partial charge in [0.2, 0.25) is 5.82 Å². The van der Waals surface area contributed by atoms with Crippen molar-refractivity contribution < 1.29 is 31.5 Å². The van der Waals surface area contributed by atoms with Gasteiger partial charge in [-0.15, -0.1) is 5.10 Å². The number of tetrazole rings is 1. The fourth-order valence-corrected chi connectivity index (χ4v) is 4.02. The first kappa shape index (κ1) is 29.1. The van der Waals surface area contributed by atoms with Crippen molar-refractivity contribution in [2.24, 2.45) is 0 Å². The van der Waals surface area contributed by atoms with Crippen LogP contribution < -0.4 is 10.6 Å². The van der Waals surface area contributed by atoms with Crippen LogP contribution in [-0.4, -0.2) is 55.0 Å². The number of nitriles is 1. The van der Waals surface area contributed by atoms with Gasteiger partial charge in [-0.3, -0.25) is 9.59 Å². The minimum Gasteiger partial charge on any atom is -0.355 e. The summed E-state index contributed by atoms with van der Waals surface area (Å²) in [5.74, 6) is -8.59. The molecule has 4 rings (SSSR count). The van der Waals surface area contributed by atoms with Crippen LogP contribution in [0.2, 0.25) is 5.02 Å². The van der Waals surface area contributed by atoms with Crippen LogP contribution in [-0.2, 0) is 12.5 Å². The molecule has 0 bridgehead atoms. The summed E-state index contributed by atoms with van der Waals surface area (Å²) >= 11 is 6.29. The minimum absolute atomic E-state index is 0.0193. The topological polar surface area (TPSA) is 143 Å². The maximum atomic E-state index is 14.0. The average Bonchev–Trinajstić information content (AvgIpc) is 3.56. The third kappa shape index (κ3) is 5.57. The number of amides is 2. The number of anilines is 1. The number of carbonyl (C=O) groups excluding carboxylic acids is 2. The lowest BCUT2D eigenvalue weighted by Gasteiger charge is -2.18. The van der Waals surface area contributed by atoms with Crippen LogP contribution in [0.3, 0.4) is 0 Å². The number of nitrogens with zero attached hydrogens (tertiary/aromatic N) is 7. The van der Waals surface area contributed by atoms with Crippen LogP contribution in [0.25, 0.3) is 5.69 Å². The second kappa shape index (κ2) is 10.9. The second-order valence-electron chi connectivity index (χ2n) is 8.48. The highest BCUT2D eigenvalue weighted by Crippen LogP contribution is 2.42. The molecule has 41 heavy (non-hydrogen) atoms. The van der Waals surface area contributed by atoms with Crippen molar-refractivity contribution in [2.45, 2.75) is 25.6 Å². The van der Waals surface area contributed by atoms with Gasteiger partial charge in [0.1, 0.15) is 5.69 Å². The summed E-state index contributed by atoms with van der Waals surface area (Å²) in [5, 5.41) is 27.6. The summed E-state index contributed by atoms with van der Waals surface area (Å²) in [6, 6.07) is 11.9. The number of halogens is 6. The van der Waals surface area contributed by atoms with E-state index >= 15 is 0 Å². The third-order valence-corrected chi connectivity index (χ3v) is 6.05. The number of benzene rings is 2. The van der Waals surface area contributed by atoms with E-state index in [4.69, 9.17) is 11.6 Å². The van der Waals surface area contributed by atoms with Crippen LogP contribution in [0.1, 0.15) is 43.5 Å². The smallest absolute Gasteiger partial charge is 0.355 e. The van der Waals surface area contributed by atoms with Crippen molar-refractivity contribution >= 4 is 29.1 Å². The largest absolute Gasteiger partial charge is 0.461 e. The van der Waals surface area contributed by atoms with Gasteiger partial charge < -0.3 is 10.6 Å². The molecule has 0 radical (unpaired) electrons. The fourth-order valence-electron chi connectivity index (χ4n) is 3.80. The summed E-state index contributed by atoms with van der Waals surface area (Å²) in [6.45, 7) is 0.783. The van der Waals surface area contributed by atoms with E-state index in [1.54, 1.807) is 19.1 Å². The summed E-state index contributed by atoms with van der Waals surface area (Å²) in [6.07, 6.45) is -5.97. The average molecular weight is 594 g/mol. The normalized spacial score (nSPS) is 11.7. The van der Waals surface area contributed by atoms with Crippen LogP contribution in [0.15, 0.2) is 42.5 Å². The molecule has 2 aromatic carbocycles. The molecule has 212 valence electrons. The molecule has 0 aliphatic heterocycles. The molecule has 0 aliphatic carbocycles. The lowest BCUT2D eigenvalue weighted by Crippen LogP contribution is -2.36. The molecule has 17 heteroatoms. The number of nitrogens with one attached hydrogen (secondary N) is 2. The maximum absolute atomic E-state index is 14.0. The number of hydrogen-bond acceptors (Lipinski definition) is 7. The zero-order valence-corrected chi connectivity index (χ0v) is 21.7. The van der Waals surface area contributed by atoms with E-state index in [1.807, 2.05) is 6.07 Å². The molecular formula is C24H17ClF5N9O2. The SMILES string of the molecule is CNC(=O)c1cc(C#N)cc(C)c1NC(=O)c1cc(Cn2nnnc2C(F)(F)C(F)(F)F)nn1-c1ccccc1Cl. The zero-order chi connectivity index (χ0) is 30.1. The molecule has 2 N–H and O–H groups in total. The molecule has 0 aliphatic rings. The fraction of sp³-hybridized carbons (Fsp3) is 0.208. The molecule has 0 unspecified atom stereocenters. The third-order valence-electron chi connectivity index (χ3n) is 5.73. The van der Waals surface area contributed by atoms with Crippen molar-refractivity contribution in [3.8, 4) is 11.8 Å². The number of rotatable bonds is 7. The quantitative estimate of drug-likeness (QED) is 0.308. The summed E-state index contributed by atoms with van der Waals surface area (Å²) in [5.41, 5.74) is 0.347. The molecule has 0 spiro atoms. The molecular weight excluding hydrogens is 577 g/mol. The summed E-state index contributed by atoms with van der Waals surface area (Å²) in [7, 11) is 1.36. The Bertz CT molecular complexity index is 1690. The van der Waals surface area contributed by atoms with E-state index in [1.165, 1.54) is 31.3 Å². The maximum Gasteiger partial charge on any atom is 0.461 e. The van der Waals surface area contributed by atoms with Gasteiger partial charge >= 0.3 is 12.1 Å². The van der Waals surface area contributed by atoms with E-state index < -0.39 is 36.3 Å². The molecule has 11 nitrogen and oxygen atoms in total. The lowest BCUT2D eigenvalue weighted by atomic mass is 10.0. The number of alkyl halides is 5. The highest BCUT2D eigenvalue weighted by molar-refractivity contribution is 6.32. The summed E-state index contributed by atoms with van der Waals surface area (Å²) < 4.78 is 68.2. The standard InChI is InChI=1S/C24H17ClF5N9O2/c1-12-7-13(10-31)8-15(20(40)32-2)19(12)33-21(41)18-9-14(35-39(18)17-6-4-3-5-16(17)25)11-38-22(34-36-37-38)23(26,27)24(28,29)30/h3-9H,11H2,1-2H3,(H,32,40)(H,33,41). The number of aromatic nitrogens is 6. The Morgan fingerprint density at radius 1 is 1.10 bits per heavy atom. The molecule has 2 heterocycles. The van der Waals surface area contributed by atoms with Crippen molar-refractivity contribution in [1.82, 2.24) is 35.3 Å². The lowest BCUT2D eigenvalue weighted by molar-refractivity contribution is -0.293. The predicted octanol–water partition coefficient (Wildman–Crippen LogP) is 4.01. The van der Waals surface area contributed by atoms with Gasteiger partial charge in [-0.1, -0.05) is 23.7 Å². The van der Waals surface area contributed by atoms with Crippen molar-refractivity contribution in [1.29, 1.82) is 5.26 Å². The van der Waals surface area contributed by atoms with Gasteiger partial charge in [0, 0.05) is 7.05 Å². The van der Waals surface area contributed by atoms with Crippen LogP contribution in [0.5, 0.6) is 0 Å². The van der Waals surface area contributed by atoms with E-state index in [-0.39, 0.29) is 43.6 Å². The molecule has 0 saturated heterocycles. The van der Waals surface area contributed by atoms with E-state index in [9.17, 15) is 36.8 Å². The summed E-state index contributed by atoms with van der Waals surface area (Å²) in [4.78, 5) is 26.0. The van der Waals surface area contributed by atoms with E-state index in [2.05, 4.69) is 31.3 Å². The first-order valence-electron chi connectivity index (χ1n) is 11.4. The number of hydrogen-bond donors (Lipinski definition) is 2. The Morgan fingerprint density at radius 3 is 2.44 bits per heavy atom. The molecule has 2 aromatic heterocycles. The zero-order valence-electron chi connectivity index (χ0n) is 21.0. The number of aryl methyl sites for hydroxylation is 1. The van der Waals surface area contributed by atoms with Crippen LogP contribution >= 0.6 is 11.6 Å². The Morgan fingerprint density at radius 2 is 1.80 bits per heavy atom. The molecule has 0 fully saturated rings. The van der Waals surface area contributed by atoms with Gasteiger partial charge in [0.05, 0.1) is 45.8 Å². The first-order chi connectivity index (χ1) is 19.3. The molecule has 2 amide bonds. The number of carbonyl (C=O) groups is 2. The van der Waals surface area contributed by atoms with Gasteiger partial charge in [0.25, 0.3) is 11.8 Å². The van der Waals surface area contributed by atoms with Gasteiger partial charge in [-0.05, 0) is 53.2 Å². The Hall–Kier alpha value is -4.91. The van der Waals surface area contributed by atoms with Crippen molar-refractivity contribution in [3.05, 3.63) is 81.4 Å². The minimum atomic E-state index is -5.97.